The Morgan fingerprint density at radius 2 is 0.829 bits per heavy atom. The summed E-state index contributed by atoms with van der Waals surface area (Å²) in [6, 6.07) is 97.2. The first-order valence-corrected chi connectivity index (χ1v) is 24.1. The number of nitrogens with zero attached hydrogens (tertiary/aromatic N) is 2. The standard InChI is InChI=1S/C67H44N2O/c1-5-19-45(20-6-1)48-33-39-59-65(41-48)70-66-42-49(46-21-7-2-8-22-46)34-40-60(66)67(59)58-30-16-13-28-54(58)55-37-35-51(43-61(55)67)68(62-31-17-14-27-53(62)47-23-9-3-10-24-47)52-36-38-57-56-29-15-18-32-63(56)69(64(57)44-52)50-25-11-4-12-26-50/h1-44H. The molecule has 0 N–H and O–H groups in total. The van der Waals surface area contributed by atoms with Gasteiger partial charge in [0.1, 0.15) is 11.5 Å². The van der Waals surface area contributed by atoms with Crippen molar-refractivity contribution in [3.05, 3.63) is 289 Å². The maximum atomic E-state index is 7.20. The van der Waals surface area contributed by atoms with Crippen molar-refractivity contribution in [2.24, 2.45) is 0 Å². The zero-order valence-electron chi connectivity index (χ0n) is 38.2. The maximum Gasteiger partial charge on any atom is 0.132 e. The number of aromatic nitrogens is 1. The summed E-state index contributed by atoms with van der Waals surface area (Å²) in [4.78, 5) is 2.48. The van der Waals surface area contributed by atoms with Crippen molar-refractivity contribution in [2.45, 2.75) is 5.41 Å². The van der Waals surface area contributed by atoms with E-state index in [-0.39, 0.29) is 0 Å². The molecule has 14 rings (SSSR count). The van der Waals surface area contributed by atoms with E-state index in [1.807, 2.05) is 0 Å². The molecule has 0 unspecified atom stereocenters. The van der Waals surface area contributed by atoms with Crippen molar-refractivity contribution >= 4 is 38.9 Å². The van der Waals surface area contributed by atoms with Crippen LogP contribution in [0.3, 0.4) is 0 Å². The minimum Gasteiger partial charge on any atom is -0.457 e. The largest absolute Gasteiger partial charge is 0.457 e. The van der Waals surface area contributed by atoms with E-state index in [2.05, 4.69) is 276 Å². The van der Waals surface area contributed by atoms with E-state index in [1.54, 1.807) is 0 Å². The molecule has 1 aliphatic heterocycles. The summed E-state index contributed by atoms with van der Waals surface area (Å²) >= 11 is 0. The molecule has 0 amide bonds. The summed E-state index contributed by atoms with van der Waals surface area (Å²) in [6.45, 7) is 0. The van der Waals surface area contributed by atoms with Gasteiger partial charge in [0, 0.05) is 44.5 Å². The van der Waals surface area contributed by atoms with E-state index in [0.717, 1.165) is 84.3 Å². The molecule has 0 atom stereocenters. The second kappa shape index (κ2) is 16.0. The van der Waals surface area contributed by atoms with E-state index in [9.17, 15) is 0 Å². The summed E-state index contributed by atoms with van der Waals surface area (Å²) < 4.78 is 9.61. The van der Waals surface area contributed by atoms with Crippen LogP contribution in [0.4, 0.5) is 17.1 Å². The lowest BCUT2D eigenvalue weighted by atomic mass is 9.65. The minimum atomic E-state index is -0.705. The molecular weight excluding hydrogens is 849 g/mol. The Kier molecular flexibility index (Phi) is 9.11. The number of benzene rings is 11. The summed E-state index contributed by atoms with van der Waals surface area (Å²) in [7, 11) is 0. The Labute approximate surface area is 407 Å². The fraction of sp³-hybridized carbons (Fsp3) is 0.0149. The van der Waals surface area contributed by atoms with Gasteiger partial charge in [0.2, 0.25) is 0 Å². The van der Waals surface area contributed by atoms with Crippen molar-refractivity contribution in [1.82, 2.24) is 4.57 Å². The average Bonchev–Trinajstić information content (AvgIpc) is 3.92. The molecule has 70 heavy (non-hydrogen) atoms. The van der Waals surface area contributed by atoms with Gasteiger partial charge in [-0.1, -0.05) is 206 Å². The molecule has 328 valence electrons. The first-order valence-electron chi connectivity index (χ1n) is 24.1. The van der Waals surface area contributed by atoms with E-state index in [0.29, 0.717) is 0 Å². The Morgan fingerprint density at radius 1 is 0.314 bits per heavy atom. The Morgan fingerprint density at radius 3 is 1.51 bits per heavy atom. The SMILES string of the molecule is c1ccc(-c2ccc3c(c2)Oc2cc(-c4ccccc4)ccc2C32c3ccccc3-c3ccc(N(c4ccc5c6ccccc6n(-c6ccccc6)c5c4)c4ccccc4-c4ccccc4)cc32)cc1. The van der Waals surface area contributed by atoms with E-state index >= 15 is 0 Å². The van der Waals surface area contributed by atoms with Gasteiger partial charge in [-0.25, -0.2) is 0 Å². The van der Waals surface area contributed by atoms with Crippen LogP contribution in [0, 0.1) is 0 Å². The van der Waals surface area contributed by atoms with Crippen LogP contribution in [0.15, 0.2) is 267 Å². The van der Waals surface area contributed by atoms with Crippen LogP contribution in [0.1, 0.15) is 22.3 Å². The molecule has 1 spiro atoms. The minimum absolute atomic E-state index is 0.705. The summed E-state index contributed by atoms with van der Waals surface area (Å²) in [5, 5.41) is 2.44. The number of para-hydroxylation sites is 3. The molecule has 2 aliphatic rings. The lowest BCUT2D eigenvalue weighted by molar-refractivity contribution is 0.437. The molecule has 2 heterocycles. The highest BCUT2D eigenvalue weighted by molar-refractivity contribution is 6.10. The van der Waals surface area contributed by atoms with Crippen LogP contribution in [-0.2, 0) is 5.41 Å². The van der Waals surface area contributed by atoms with E-state index in [1.165, 1.54) is 38.5 Å². The lowest BCUT2D eigenvalue weighted by Gasteiger charge is -2.40. The molecule has 1 aromatic heterocycles. The number of fused-ring (bicyclic) bond motifs is 12. The number of hydrogen-bond donors (Lipinski definition) is 0. The molecule has 12 aromatic rings. The Hall–Kier alpha value is -9.18. The predicted octanol–water partition coefficient (Wildman–Crippen LogP) is 17.7. The first-order chi connectivity index (χ1) is 34.7. The third kappa shape index (κ3) is 6.08. The fourth-order valence-corrected chi connectivity index (χ4v) is 11.6. The highest BCUT2D eigenvalue weighted by Crippen LogP contribution is 2.63. The highest BCUT2D eigenvalue weighted by Gasteiger charge is 2.51. The molecule has 0 bridgehead atoms. The van der Waals surface area contributed by atoms with E-state index in [4.69, 9.17) is 4.74 Å². The second-order valence-corrected chi connectivity index (χ2v) is 18.4. The second-order valence-electron chi connectivity index (χ2n) is 18.4. The smallest absolute Gasteiger partial charge is 0.132 e. The number of hydrogen-bond acceptors (Lipinski definition) is 2. The monoisotopic (exact) mass is 892 g/mol. The summed E-state index contributed by atoms with van der Waals surface area (Å²) in [5.41, 5.74) is 20.0. The van der Waals surface area contributed by atoms with Crippen molar-refractivity contribution in [2.75, 3.05) is 4.90 Å². The normalized spacial score (nSPS) is 12.8. The number of ether oxygens (including phenoxy) is 1. The predicted molar refractivity (Wildman–Crippen MR) is 289 cm³/mol. The van der Waals surface area contributed by atoms with Gasteiger partial charge in [-0.3, -0.25) is 0 Å². The van der Waals surface area contributed by atoms with Gasteiger partial charge in [-0.2, -0.15) is 0 Å². The number of anilines is 3. The molecule has 0 saturated heterocycles. The third-order valence-corrected chi connectivity index (χ3v) is 14.7. The molecule has 1 aliphatic carbocycles. The van der Waals surface area contributed by atoms with Crippen molar-refractivity contribution in [3.8, 4) is 61.7 Å². The van der Waals surface area contributed by atoms with Gasteiger partial charge < -0.3 is 14.2 Å². The van der Waals surface area contributed by atoms with Crippen LogP contribution in [0.25, 0.3) is 72.0 Å². The molecule has 3 nitrogen and oxygen atoms in total. The quantitative estimate of drug-likeness (QED) is 0.159. The number of rotatable bonds is 7. The van der Waals surface area contributed by atoms with Crippen molar-refractivity contribution in [3.63, 3.8) is 0 Å². The molecule has 0 saturated carbocycles. The van der Waals surface area contributed by atoms with Gasteiger partial charge in [0.25, 0.3) is 0 Å². The molecule has 0 radical (unpaired) electrons. The maximum absolute atomic E-state index is 7.20. The molecule has 3 heteroatoms. The Balaban J connectivity index is 1.05. The van der Waals surface area contributed by atoms with Crippen LogP contribution in [0.5, 0.6) is 11.5 Å². The lowest BCUT2D eigenvalue weighted by Crippen LogP contribution is -2.32. The van der Waals surface area contributed by atoms with Crippen molar-refractivity contribution < 1.29 is 4.74 Å². The van der Waals surface area contributed by atoms with Gasteiger partial charge in [0.15, 0.2) is 0 Å². The first kappa shape index (κ1) is 39.9. The Bertz CT molecular complexity index is 3880. The molecule has 0 fully saturated rings. The van der Waals surface area contributed by atoms with E-state index < -0.39 is 5.41 Å². The van der Waals surface area contributed by atoms with Gasteiger partial charge >= 0.3 is 0 Å². The van der Waals surface area contributed by atoms with Crippen LogP contribution < -0.4 is 9.64 Å². The zero-order chi connectivity index (χ0) is 46.2. The average molecular weight is 893 g/mol. The summed E-state index contributed by atoms with van der Waals surface area (Å²) in [5.74, 6) is 1.72. The van der Waals surface area contributed by atoms with Crippen LogP contribution >= 0.6 is 0 Å². The highest BCUT2D eigenvalue weighted by atomic mass is 16.5. The zero-order valence-corrected chi connectivity index (χ0v) is 38.2. The third-order valence-electron chi connectivity index (χ3n) is 14.7. The van der Waals surface area contributed by atoms with Crippen LogP contribution in [0.2, 0.25) is 0 Å². The fourth-order valence-electron chi connectivity index (χ4n) is 11.6. The van der Waals surface area contributed by atoms with Gasteiger partial charge in [-0.15, -0.1) is 0 Å². The van der Waals surface area contributed by atoms with Crippen LogP contribution in [-0.4, -0.2) is 4.57 Å². The molecule has 11 aromatic carbocycles. The topological polar surface area (TPSA) is 17.4 Å². The molecular formula is C67H44N2O. The van der Waals surface area contributed by atoms with Gasteiger partial charge in [-0.05, 0) is 111 Å². The summed E-state index contributed by atoms with van der Waals surface area (Å²) in [6.07, 6.45) is 0. The van der Waals surface area contributed by atoms with Crippen molar-refractivity contribution in [1.29, 1.82) is 0 Å². The van der Waals surface area contributed by atoms with Gasteiger partial charge in [0.05, 0.1) is 22.1 Å².